The molecule has 0 saturated heterocycles. The van der Waals surface area contributed by atoms with E-state index in [-0.39, 0.29) is 11.8 Å². The van der Waals surface area contributed by atoms with Gasteiger partial charge in [-0.25, -0.2) is 4.99 Å². The van der Waals surface area contributed by atoms with Crippen LogP contribution in [0.1, 0.15) is 50.5 Å². The summed E-state index contributed by atoms with van der Waals surface area (Å²) in [6.45, 7) is 0. The largest absolute Gasteiger partial charge is 0.308 e. The van der Waals surface area contributed by atoms with Crippen LogP contribution in [0.15, 0.2) is 52.1 Å². The van der Waals surface area contributed by atoms with Gasteiger partial charge in [0.05, 0.1) is 5.04 Å². The molecule has 1 heterocycles. The molecule has 146 valence electrons. The van der Waals surface area contributed by atoms with Gasteiger partial charge in [-0.2, -0.15) is 0 Å². The first-order chi connectivity index (χ1) is 13.7. The molecule has 1 aromatic rings. The molecule has 3 aliphatic rings. The molecule has 1 fully saturated rings. The number of carbonyl (C=O) groups is 1. The van der Waals surface area contributed by atoms with Crippen LogP contribution in [0, 0.1) is 17.2 Å². The maximum absolute atomic E-state index is 13.1. The zero-order valence-electron chi connectivity index (χ0n) is 15.9. The standard InChI is InChI=1S/C23H25ClN2OS/c24-20-12-6-2-8-16(20)14-28-23-19-11-5-4-10-18(19)21(22(27)26-23)17-9-3-1-7-15(17)13-25/h2,6-8,12-13,18-19,25H,1,3-5,9-11,14H2/b21-17-,25-13?. The second kappa shape index (κ2) is 8.79. The Morgan fingerprint density at radius 1 is 1.18 bits per heavy atom. The van der Waals surface area contributed by atoms with Crippen LogP contribution in [0.5, 0.6) is 0 Å². The van der Waals surface area contributed by atoms with Crippen LogP contribution in [-0.4, -0.2) is 17.2 Å². The summed E-state index contributed by atoms with van der Waals surface area (Å²) in [6.07, 6.45) is 11.0. The Bertz CT molecular complexity index is 886. The third-order valence-corrected chi connectivity index (χ3v) is 7.57. The first-order valence-electron chi connectivity index (χ1n) is 10.1. The molecule has 28 heavy (non-hydrogen) atoms. The number of aliphatic imine (C=N–C) groups is 1. The van der Waals surface area contributed by atoms with Crippen molar-refractivity contribution in [1.29, 1.82) is 5.41 Å². The third-order valence-electron chi connectivity index (χ3n) is 6.05. The quantitative estimate of drug-likeness (QED) is 0.462. The Hall–Kier alpha value is -1.65. The van der Waals surface area contributed by atoms with Gasteiger partial charge in [-0.15, -0.1) is 11.8 Å². The summed E-state index contributed by atoms with van der Waals surface area (Å²) in [7, 11) is 0. The predicted octanol–water partition coefficient (Wildman–Crippen LogP) is 6.37. The van der Waals surface area contributed by atoms with Gasteiger partial charge < -0.3 is 5.41 Å². The molecule has 2 atom stereocenters. The minimum atomic E-state index is -0.0746. The van der Waals surface area contributed by atoms with E-state index in [0.717, 1.165) is 76.6 Å². The second-order valence-electron chi connectivity index (χ2n) is 7.72. The van der Waals surface area contributed by atoms with Gasteiger partial charge in [-0.3, -0.25) is 4.79 Å². The average molecular weight is 413 g/mol. The van der Waals surface area contributed by atoms with Crippen molar-refractivity contribution in [1.82, 2.24) is 0 Å². The molecule has 0 radical (unpaired) electrons. The van der Waals surface area contributed by atoms with Crippen LogP contribution >= 0.6 is 23.4 Å². The summed E-state index contributed by atoms with van der Waals surface area (Å²) < 4.78 is 0. The Labute approximate surface area is 175 Å². The van der Waals surface area contributed by atoms with E-state index in [0.29, 0.717) is 5.92 Å². The Morgan fingerprint density at radius 3 is 2.75 bits per heavy atom. The lowest BCUT2D eigenvalue weighted by molar-refractivity contribution is -0.115. The number of carbonyl (C=O) groups excluding carboxylic acids is 1. The zero-order valence-corrected chi connectivity index (χ0v) is 17.5. The number of nitrogens with one attached hydrogen (secondary N) is 1. The second-order valence-corrected chi connectivity index (χ2v) is 9.12. The van der Waals surface area contributed by atoms with Crippen LogP contribution in [0.3, 0.4) is 0 Å². The number of rotatable bonds is 3. The molecule has 3 nitrogen and oxygen atoms in total. The third kappa shape index (κ3) is 3.90. The lowest BCUT2D eigenvalue weighted by Crippen LogP contribution is -2.35. The summed E-state index contributed by atoms with van der Waals surface area (Å²) >= 11 is 7.98. The number of nitrogens with zero attached hydrogens (tertiary/aromatic N) is 1. The number of allylic oxidation sites excluding steroid dienone is 3. The number of hydrogen-bond acceptors (Lipinski definition) is 3. The first-order valence-corrected chi connectivity index (χ1v) is 11.5. The predicted molar refractivity (Wildman–Crippen MR) is 118 cm³/mol. The van der Waals surface area contributed by atoms with E-state index in [2.05, 4.69) is 11.1 Å². The summed E-state index contributed by atoms with van der Waals surface area (Å²) in [5.74, 6) is 1.25. The number of benzene rings is 1. The van der Waals surface area contributed by atoms with E-state index in [4.69, 9.17) is 17.0 Å². The van der Waals surface area contributed by atoms with Gasteiger partial charge in [0.2, 0.25) is 0 Å². The van der Waals surface area contributed by atoms with E-state index in [1.807, 2.05) is 24.3 Å². The molecule has 5 heteroatoms. The molecular formula is C23H25ClN2OS. The molecule has 0 aromatic heterocycles. The minimum Gasteiger partial charge on any atom is -0.308 e. The van der Waals surface area contributed by atoms with Gasteiger partial charge >= 0.3 is 0 Å². The smallest absolute Gasteiger partial charge is 0.274 e. The number of hydrogen-bond donors (Lipinski definition) is 1. The molecule has 2 aliphatic carbocycles. The molecule has 2 unspecified atom stereocenters. The SMILES string of the molecule is N=CC1=CCCC/C1=C1/C(=O)N=C(SCc2ccccc2Cl)C2CCCCC12. The van der Waals surface area contributed by atoms with Crippen LogP contribution in [0.4, 0.5) is 0 Å². The van der Waals surface area contributed by atoms with Crippen LogP contribution in [0.2, 0.25) is 5.02 Å². The highest BCUT2D eigenvalue weighted by atomic mass is 35.5. The average Bonchev–Trinajstić information content (AvgIpc) is 2.73. The molecule has 1 N–H and O–H groups in total. The van der Waals surface area contributed by atoms with Gasteiger partial charge in [0.25, 0.3) is 5.91 Å². The Morgan fingerprint density at radius 2 is 1.96 bits per heavy atom. The molecule has 0 bridgehead atoms. The van der Waals surface area contributed by atoms with E-state index < -0.39 is 0 Å². The zero-order chi connectivity index (χ0) is 19.5. The van der Waals surface area contributed by atoms with Gasteiger partial charge in [-0.1, -0.05) is 48.7 Å². The van der Waals surface area contributed by atoms with Gasteiger partial charge in [-0.05, 0) is 60.8 Å². The minimum absolute atomic E-state index is 0.0746. The summed E-state index contributed by atoms with van der Waals surface area (Å²) in [4.78, 5) is 17.7. The van der Waals surface area contributed by atoms with E-state index >= 15 is 0 Å². The van der Waals surface area contributed by atoms with Gasteiger partial charge in [0, 0.05) is 28.5 Å². The summed E-state index contributed by atoms with van der Waals surface area (Å²) in [5.41, 5.74) is 4.01. The van der Waals surface area contributed by atoms with E-state index in [9.17, 15) is 4.79 Å². The molecule has 0 spiro atoms. The maximum atomic E-state index is 13.1. The van der Waals surface area contributed by atoms with Crippen molar-refractivity contribution >= 4 is 40.5 Å². The number of halogens is 1. The Kier molecular flexibility index (Phi) is 6.17. The van der Waals surface area contributed by atoms with Gasteiger partial charge in [0.1, 0.15) is 0 Å². The van der Waals surface area contributed by atoms with E-state index in [1.165, 1.54) is 12.6 Å². The molecule has 1 amide bonds. The van der Waals surface area contributed by atoms with Crippen LogP contribution in [-0.2, 0) is 10.5 Å². The topological polar surface area (TPSA) is 53.3 Å². The fraction of sp³-hybridized carbons (Fsp3) is 0.435. The lowest BCUT2D eigenvalue weighted by atomic mass is 9.71. The van der Waals surface area contributed by atoms with Crippen molar-refractivity contribution in [2.45, 2.75) is 50.7 Å². The van der Waals surface area contributed by atoms with Crippen molar-refractivity contribution < 1.29 is 4.79 Å². The first kappa shape index (κ1) is 19.7. The molecule has 4 rings (SSSR count). The van der Waals surface area contributed by atoms with Crippen molar-refractivity contribution in [3.8, 4) is 0 Å². The Balaban J connectivity index is 1.66. The van der Waals surface area contributed by atoms with Crippen LogP contribution < -0.4 is 0 Å². The maximum Gasteiger partial charge on any atom is 0.274 e. The van der Waals surface area contributed by atoms with Crippen LogP contribution in [0.25, 0.3) is 0 Å². The van der Waals surface area contributed by atoms with Gasteiger partial charge in [0.15, 0.2) is 0 Å². The molecule has 1 aliphatic heterocycles. The van der Waals surface area contributed by atoms with Crippen molar-refractivity contribution in [2.24, 2.45) is 16.8 Å². The molecular weight excluding hydrogens is 388 g/mol. The van der Waals surface area contributed by atoms with E-state index in [1.54, 1.807) is 11.8 Å². The fourth-order valence-electron chi connectivity index (χ4n) is 4.67. The summed E-state index contributed by atoms with van der Waals surface area (Å²) in [6, 6.07) is 7.88. The monoisotopic (exact) mass is 412 g/mol. The normalized spacial score (nSPS) is 27.7. The van der Waals surface area contributed by atoms with Crippen molar-refractivity contribution in [3.05, 3.63) is 57.6 Å². The highest BCUT2D eigenvalue weighted by molar-refractivity contribution is 8.13. The van der Waals surface area contributed by atoms with Crippen molar-refractivity contribution in [3.63, 3.8) is 0 Å². The number of amides is 1. The molecule has 1 aromatic carbocycles. The highest BCUT2D eigenvalue weighted by Gasteiger charge is 2.40. The molecule has 1 saturated carbocycles. The number of thioether (sulfide) groups is 1. The number of fused-ring (bicyclic) bond motifs is 1. The highest BCUT2D eigenvalue weighted by Crippen LogP contribution is 2.45. The van der Waals surface area contributed by atoms with Crippen molar-refractivity contribution in [2.75, 3.05) is 0 Å². The summed E-state index contributed by atoms with van der Waals surface area (Å²) in [5, 5.41) is 9.52. The fourth-order valence-corrected chi connectivity index (χ4v) is 6.15. The lowest BCUT2D eigenvalue weighted by Gasteiger charge is -2.37.